The molecular weight excluding hydrogens is 515 g/mol. The summed E-state index contributed by atoms with van der Waals surface area (Å²) >= 11 is 0. The maximum atomic E-state index is 13.8. The SMILES string of the molecule is CCOC(=O)[C@H](C)NP(=O)(OC[C@H]1O[C@@H](N/C=C\C(=N)N)C2(CC2)[C@@H]1OC(=O)C(C)C)Oc1ccccc1. The van der Waals surface area contributed by atoms with E-state index in [9.17, 15) is 14.2 Å². The van der Waals surface area contributed by atoms with Crippen LogP contribution in [-0.4, -0.2) is 55.5 Å². The van der Waals surface area contributed by atoms with Gasteiger partial charge >= 0.3 is 19.7 Å². The van der Waals surface area contributed by atoms with Gasteiger partial charge in [-0.25, -0.2) is 4.57 Å². The molecule has 12 nitrogen and oxygen atoms in total. The van der Waals surface area contributed by atoms with Gasteiger partial charge in [0.05, 0.1) is 24.5 Å². The molecule has 1 aliphatic heterocycles. The second kappa shape index (κ2) is 12.8. The molecule has 1 saturated heterocycles. The number of benzene rings is 1. The average molecular weight is 553 g/mol. The van der Waals surface area contributed by atoms with Crippen LogP contribution in [0.2, 0.25) is 0 Å². The van der Waals surface area contributed by atoms with Crippen molar-refractivity contribution in [3.63, 3.8) is 0 Å². The van der Waals surface area contributed by atoms with Gasteiger partial charge in [-0.15, -0.1) is 0 Å². The molecule has 1 aromatic carbocycles. The van der Waals surface area contributed by atoms with E-state index in [4.69, 9.17) is 34.4 Å². The van der Waals surface area contributed by atoms with E-state index < -0.39 is 49.6 Å². The number of esters is 2. The molecule has 0 amide bonds. The van der Waals surface area contributed by atoms with Gasteiger partial charge in [0.2, 0.25) is 0 Å². The summed E-state index contributed by atoms with van der Waals surface area (Å²) in [5, 5.41) is 13.1. The van der Waals surface area contributed by atoms with Crippen LogP contribution in [0.1, 0.15) is 40.5 Å². The minimum Gasteiger partial charge on any atom is -0.465 e. The number of ether oxygens (including phenoxy) is 3. The highest BCUT2D eigenvalue weighted by molar-refractivity contribution is 7.52. The fourth-order valence-corrected chi connectivity index (χ4v) is 5.54. The molecule has 13 heteroatoms. The third kappa shape index (κ3) is 7.57. The van der Waals surface area contributed by atoms with E-state index in [1.807, 2.05) is 0 Å². The number of para-hydroxylation sites is 1. The molecule has 1 heterocycles. The summed E-state index contributed by atoms with van der Waals surface area (Å²) in [6.07, 6.45) is 2.29. The Morgan fingerprint density at radius 1 is 1.24 bits per heavy atom. The van der Waals surface area contributed by atoms with E-state index in [1.165, 1.54) is 19.2 Å². The van der Waals surface area contributed by atoms with Gasteiger partial charge in [-0.1, -0.05) is 32.0 Å². The van der Waals surface area contributed by atoms with E-state index in [1.54, 1.807) is 51.1 Å². The summed E-state index contributed by atoms with van der Waals surface area (Å²) < 4.78 is 42.3. The molecule has 2 fully saturated rings. The summed E-state index contributed by atoms with van der Waals surface area (Å²) in [6, 6.07) is 7.40. The third-order valence-corrected chi connectivity index (χ3v) is 7.80. The van der Waals surface area contributed by atoms with Gasteiger partial charge in [-0.05, 0) is 44.9 Å². The van der Waals surface area contributed by atoms with E-state index in [0.717, 1.165) is 12.8 Å². The molecule has 0 aromatic heterocycles. The maximum absolute atomic E-state index is 13.8. The lowest BCUT2D eigenvalue weighted by atomic mass is 9.96. The van der Waals surface area contributed by atoms with Crippen LogP contribution in [0, 0.1) is 16.7 Å². The summed E-state index contributed by atoms with van der Waals surface area (Å²) in [7, 11) is -4.13. The van der Waals surface area contributed by atoms with Gasteiger partial charge in [-0.2, -0.15) is 5.09 Å². The Labute approximate surface area is 222 Å². The largest absolute Gasteiger partial charge is 0.465 e. The molecule has 1 spiro atoms. The van der Waals surface area contributed by atoms with Crippen LogP contribution in [0.3, 0.4) is 0 Å². The number of rotatable bonds is 14. The van der Waals surface area contributed by atoms with E-state index in [0.29, 0.717) is 0 Å². The monoisotopic (exact) mass is 552 g/mol. The Balaban J connectivity index is 1.81. The van der Waals surface area contributed by atoms with Crippen LogP contribution in [0.15, 0.2) is 42.6 Å². The fourth-order valence-electron chi connectivity index (χ4n) is 4.04. The molecule has 0 bridgehead atoms. The summed E-state index contributed by atoms with van der Waals surface area (Å²) in [5.74, 6) is -1.25. The zero-order chi connectivity index (χ0) is 27.9. The highest BCUT2D eigenvalue weighted by atomic mass is 31.2. The molecular formula is C25H37N4O8P. The van der Waals surface area contributed by atoms with Crippen molar-refractivity contribution in [2.75, 3.05) is 13.2 Å². The predicted octanol–water partition coefficient (Wildman–Crippen LogP) is 2.84. The number of amidine groups is 1. The van der Waals surface area contributed by atoms with Gasteiger partial charge in [0.15, 0.2) is 0 Å². The quantitative estimate of drug-likeness (QED) is 0.116. The Morgan fingerprint density at radius 3 is 2.50 bits per heavy atom. The van der Waals surface area contributed by atoms with Crippen molar-refractivity contribution in [2.24, 2.45) is 17.1 Å². The van der Waals surface area contributed by atoms with E-state index in [2.05, 4.69) is 10.4 Å². The molecule has 3 rings (SSSR count). The second-order valence-electron chi connectivity index (χ2n) is 9.56. The number of nitrogens with one attached hydrogen (secondary N) is 3. The first-order valence-corrected chi connectivity index (χ1v) is 14.1. The molecule has 5 atom stereocenters. The molecule has 1 aromatic rings. The minimum atomic E-state index is -4.13. The summed E-state index contributed by atoms with van der Waals surface area (Å²) in [6.45, 7) is 6.51. The number of carbonyl (C=O) groups is 2. The van der Waals surface area contributed by atoms with Crippen LogP contribution in [0.5, 0.6) is 5.75 Å². The van der Waals surface area contributed by atoms with Crippen molar-refractivity contribution >= 4 is 25.5 Å². The summed E-state index contributed by atoms with van der Waals surface area (Å²) in [4.78, 5) is 24.8. The second-order valence-corrected chi connectivity index (χ2v) is 11.2. The number of nitrogens with two attached hydrogens (primary N) is 1. The van der Waals surface area contributed by atoms with Crippen molar-refractivity contribution in [1.82, 2.24) is 10.4 Å². The third-order valence-electron chi connectivity index (χ3n) is 6.16. The van der Waals surface area contributed by atoms with Crippen LogP contribution in [-0.2, 0) is 32.9 Å². The van der Waals surface area contributed by atoms with Crippen LogP contribution < -0.4 is 20.7 Å². The Kier molecular flexibility index (Phi) is 9.94. The first kappa shape index (κ1) is 29.6. The molecule has 210 valence electrons. The van der Waals surface area contributed by atoms with Crippen molar-refractivity contribution in [3.8, 4) is 5.75 Å². The van der Waals surface area contributed by atoms with Gasteiger partial charge in [-0.3, -0.25) is 19.5 Å². The molecule has 1 saturated carbocycles. The fraction of sp³-hybridized carbons (Fsp3) is 0.560. The maximum Gasteiger partial charge on any atom is 0.459 e. The average Bonchev–Trinajstić information content (AvgIpc) is 3.60. The Morgan fingerprint density at radius 2 is 1.92 bits per heavy atom. The topological polar surface area (TPSA) is 171 Å². The number of hydrogen-bond acceptors (Lipinski definition) is 10. The van der Waals surface area contributed by atoms with Crippen LogP contribution >= 0.6 is 7.75 Å². The first-order valence-electron chi connectivity index (χ1n) is 12.6. The molecule has 5 N–H and O–H groups in total. The lowest BCUT2D eigenvalue weighted by molar-refractivity contribution is -0.158. The Bertz CT molecular complexity index is 1060. The zero-order valence-corrected chi connectivity index (χ0v) is 22.9. The van der Waals surface area contributed by atoms with Crippen LogP contribution in [0.25, 0.3) is 0 Å². The zero-order valence-electron chi connectivity index (χ0n) is 22.0. The normalized spacial score (nSPS) is 24.1. The van der Waals surface area contributed by atoms with E-state index >= 15 is 0 Å². The van der Waals surface area contributed by atoms with E-state index in [-0.39, 0.29) is 30.7 Å². The highest BCUT2D eigenvalue weighted by Crippen LogP contribution is 2.59. The van der Waals surface area contributed by atoms with Gasteiger partial charge in [0.1, 0.15) is 36.1 Å². The molecule has 2 aliphatic rings. The van der Waals surface area contributed by atoms with Crippen molar-refractivity contribution in [1.29, 1.82) is 5.41 Å². The Hall–Kier alpha value is -2.92. The van der Waals surface area contributed by atoms with Crippen LogP contribution in [0.4, 0.5) is 0 Å². The van der Waals surface area contributed by atoms with Crippen molar-refractivity contribution < 1.29 is 37.4 Å². The van der Waals surface area contributed by atoms with Gasteiger partial charge in [0.25, 0.3) is 0 Å². The number of hydrogen-bond donors (Lipinski definition) is 4. The molecule has 0 radical (unpaired) electrons. The molecule has 1 aliphatic carbocycles. The van der Waals surface area contributed by atoms with Crippen molar-refractivity contribution in [2.45, 2.75) is 65.0 Å². The summed E-state index contributed by atoms with van der Waals surface area (Å²) in [5.41, 5.74) is 4.88. The molecule has 38 heavy (non-hydrogen) atoms. The standard InChI is InChI=1S/C25H37N4O8P/c1-5-33-23(31)17(4)29-38(32,37-18-9-7-6-8-10-18)34-15-19-21(36-22(30)16(2)3)25(12-13-25)24(35-19)28-14-11-20(26)27/h6-11,14,16-17,19,21,24,28H,5,12-13,15H2,1-4H3,(H3,26,27)(H,29,32)/b14-11-/t17-,19+,21+,24+,38?/m0/s1. The number of carbonyl (C=O) groups excluding carboxylic acids is 2. The van der Waals surface area contributed by atoms with Gasteiger partial charge < -0.3 is 29.8 Å². The van der Waals surface area contributed by atoms with Gasteiger partial charge in [0, 0.05) is 6.20 Å². The van der Waals surface area contributed by atoms with Crippen molar-refractivity contribution in [3.05, 3.63) is 42.6 Å². The lowest BCUT2D eigenvalue weighted by Crippen LogP contribution is -2.40. The lowest BCUT2D eigenvalue weighted by Gasteiger charge is -2.27. The first-order chi connectivity index (χ1) is 18.0. The smallest absolute Gasteiger partial charge is 0.459 e. The minimum absolute atomic E-state index is 0.135. The molecule has 1 unspecified atom stereocenters. The predicted molar refractivity (Wildman–Crippen MR) is 139 cm³/mol. The highest BCUT2D eigenvalue weighted by Gasteiger charge is 2.66.